The van der Waals surface area contributed by atoms with E-state index >= 15 is 0 Å². The molecule has 2 rings (SSSR count). The van der Waals surface area contributed by atoms with Crippen LogP contribution >= 0.6 is 0 Å². The van der Waals surface area contributed by atoms with Gasteiger partial charge in [0.15, 0.2) is 0 Å². The van der Waals surface area contributed by atoms with E-state index in [0.29, 0.717) is 6.42 Å². The molecule has 0 fully saturated rings. The molecule has 25 heavy (non-hydrogen) atoms. The molecule has 0 aliphatic rings. The summed E-state index contributed by atoms with van der Waals surface area (Å²) in [6.07, 6.45) is 5.58. The van der Waals surface area contributed by atoms with Gasteiger partial charge in [-0.05, 0) is 54.3 Å². The smallest absolute Gasteiger partial charge is 0.134 e. The molecule has 2 aromatic carbocycles. The fourth-order valence-electron chi connectivity index (χ4n) is 2.92. The van der Waals surface area contributed by atoms with E-state index in [1.54, 1.807) is 6.92 Å². The predicted octanol–water partition coefficient (Wildman–Crippen LogP) is 5.15. The Hall–Kier alpha value is -2.55. The molecule has 0 heterocycles. The van der Waals surface area contributed by atoms with Crippen molar-refractivity contribution in [2.24, 2.45) is 0 Å². The van der Waals surface area contributed by atoms with Gasteiger partial charge in [0.05, 0.1) is 0 Å². The maximum atomic E-state index is 11.1. The van der Waals surface area contributed by atoms with Crippen LogP contribution in [0.25, 0.3) is 0 Å². The van der Waals surface area contributed by atoms with Crippen molar-refractivity contribution in [1.82, 2.24) is 0 Å². The van der Waals surface area contributed by atoms with Crippen LogP contribution in [0.1, 0.15) is 38.3 Å². The summed E-state index contributed by atoms with van der Waals surface area (Å²) in [5.74, 6) is 0.185. The van der Waals surface area contributed by atoms with E-state index in [9.17, 15) is 4.79 Å². The fourth-order valence-corrected chi connectivity index (χ4v) is 2.92. The monoisotopic (exact) mass is 336 g/mol. The van der Waals surface area contributed by atoms with Crippen LogP contribution in [-0.4, -0.2) is 12.8 Å². The Morgan fingerprint density at radius 1 is 1.08 bits per heavy atom. The molecule has 0 bridgehead atoms. The minimum Gasteiger partial charge on any atom is -0.388 e. The highest BCUT2D eigenvalue weighted by molar-refractivity contribution is 5.78. The number of carbonyl (C=O) groups excluding carboxylic acids is 1. The Morgan fingerprint density at radius 2 is 1.76 bits per heavy atom. The van der Waals surface area contributed by atoms with Gasteiger partial charge in [-0.15, -0.1) is 0 Å². The number of para-hydroxylation sites is 1. The van der Waals surface area contributed by atoms with Crippen LogP contribution < -0.4 is 10.6 Å². The van der Waals surface area contributed by atoms with E-state index in [1.807, 2.05) is 37.5 Å². The van der Waals surface area contributed by atoms with Crippen LogP contribution in [0.2, 0.25) is 0 Å². The molecule has 0 amide bonds. The Labute approximate surface area is 151 Å². The normalized spacial score (nSPS) is 11.5. The molecular weight excluding hydrogens is 308 g/mol. The summed E-state index contributed by atoms with van der Waals surface area (Å²) in [7, 11) is 1.96. The molecular formula is C22H28N2O. The minimum absolute atomic E-state index is 0.0448. The number of carbonyl (C=O) groups is 1. The molecule has 2 aromatic rings. The molecule has 0 aliphatic carbocycles. The second-order valence-electron chi connectivity index (χ2n) is 7.01. The summed E-state index contributed by atoms with van der Waals surface area (Å²) in [6.45, 7) is 6.12. The first-order chi connectivity index (χ1) is 11.9. The predicted molar refractivity (Wildman–Crippen MR) is 107 cm³/mol. The number of allylic oxidation sites excluding steroid dienone is 1. The van der Waals surface area contributed by atoms with E-state index < -0.39 is 0 Å². The van der Waals surface area contributed by atoms with Crippen molar-refractivity contribution in [3.8, 4) is 0 Å². The van der Waals surface area contributed by atoms with Crippen molar-refractivity contribution in [3.63, 3.8) is 0 Å². The van der Waals surface area contributed by atoms with Gasteiger partial charge in [-0.3, -0.25) is 4.79 Å². The summed E-state index contributed by atoms with van der Waals surface area (Å²) in [6, 6.07) is 16.4. The zero-order valence-corrected chi connectivity index (χ0v) is 15.6. The number of hydrogen-bond donors (Lipinski definition) is 2. The van der Waals surface area contributed by atoms with E-state index in [0.717, 1.165) is 17.7 Å². The molecule has 132 valence electrons. The van der Waals surface area contributed by atoms with Gasteiger partial charge >= 0.3 is 0 Å². The Kier molecular flexibility index (Phi) is 6.40. The zero-order valence-electron chi connectivity index (χ0n) is 15.6. The van der Waals surface area contributed by atoms with Gasteiger partial charge in [0.2, 0.25) is 0 Å². The SMILES string of the molecule is CNc1ccccc1C(C)(C)C/C=C/Nc1ccc(CC(C)=O)cc1. The van der Waals surface area contributed by atoms with Crippen LogP contribution in [0.5, 0.6) is 0 Å². The Morgan fingerprint density at radius 3 is 2.40 bits per heavy atom. The first-order valence-corrected chi connectivity index (χ1v) is 8.69. The quantitative estimate of drug-likeness (QED) is 0.700. The molecule has 3 nitrogen and oxygen atoms in total. The second kappa shape index (κ2) is 8.52. The van der Waals surface area contributed by atoms with Gasteiger partial charge in [-0.25, -0.2) is 0 Å². The summed E-state index contributed by atoms with van der Waals surface area (Å²) in [5, 5.41) is 6.57. The van der Waals surface area contributed by atoms with Crippen molar-refractivity contribution in [3.05, 3.63) is 71.9 Å². The van der Waals surface area contributed by atoms with E-state index in [2.05, 4.69) is 54.8 Å². The van der Waals surface area contributed by atoms with Crippen LogP contribution in [0, 0.1) is 0 Å². The lowest BCUT2D eigenvalue weighted by Gasteiger charge is -2.26. The number of Topliss-reactive ketones (excluding diaryl/α,β-unsaturated/α-hetero) is 1. The number of hydrogen-bond acceptors (Lipinski definition) is 3. The van der Waals surface area contributed by atoms with Crippen LogP contribution in [0.15, 0.2) is 60.8 Å². The second-order valence-corrected chi connectivity index (χ2v) is 7.01. The lowest BCUT2D eigenvalue weighted by atomic mass is 9.80. The van der Waals surface area contributed by atoms with Gasteiger partial charge in [0.1, 0.15) is 5.78 Å². The lowest BCUT2D eigenvalue weighted by Crippen LogP contribution is -2.18. The van der Waals surface area contributed by atoms with Gasteiger partial charge in [0, 0.05) is 24.8 Å². The molecule has 0 aliphatic heterocycles. The Balaban J connectivity index is 1.95. The number of rotatable bonds is 8. The van der Waals surface area contributed by atoms with Crippen molar-refractivity contribution in [2.75, 3.05) is 17.7 Å². The molecule has 2 N–H and O–H groups in total. The van der Waals surface area contributed by atoms with Crippen molar-refractivity contribution >= 4 is 17.2 Å². The largest absolute Gasteiger partial charge is 0.388 e. The topological polar surface area (TPSA) is 41.1 Å². The van der Waals surface area contributed by atoms with Gasteiger partial charge in [-0.1, -0.05) is 50.3 Å². The van der Waals surface area contributed by atoms with Crippen molar-refractivity contribution in [2.45, 2.75) is 39.0 Å². The zero-order chi connectivity index (χ0) is 18.3. The number of nitrogens with one attached hydrogen (secondary N) is 2. The van der Waals surface area contributed by atoms with Crippen LogP contribution in [0.3, 0.4) is 0 Å². The lowest BCUT2D eigenvalue weighted by molar-refractivity contribution is -0.116. The maximum absolute atomic E-state index is 11.1. The standard InChI is InChI=1S/C22H28N2O/c1-17(25)16-18-10-12-19(13-11-18)24-15-7-14-22(2,3)20-8-5-6-9-21(20)23-4/h5-13,15,23-24H,14,16H2,1-4H3/b15-7+. The third-order valence-electron chi connectivity index (χ3n) is 4.33. The first kappa shape index (κ1) is 18.8. The highest BCUT2D eigenvalue weighted by Crippen LogP contribution is 2.32. The third-order valence-corrected chi connectivity index (χ3v) is 4.33. The average Bonchev–Trinajstić information content (AvgIpc) is 2.59. The van der Waals surface area contributed by atoms with Gasteiger partial charge < -0.3 is 10.6 Å². The van der Waals surface area contributed by atoms with E-state index in [1.165, 1.54) is 11.3 Å². The van der Waals surface area contributed by atoms with Crippen molar-refractivity contribution in [1.29, 1.82) is 0 Å². The molecule has 3 heteroatoms. The first-order valence-electron chi connectivity index (χ1n) is 8.69. The van der Waals surface area contributed by atoms with Crippen LogP contribution in [-0.2, 0) is 16.6 Å². The van der Waals surface area contributed by atoms with Crippen LogP contribution in [0.4, 0.5) is 11.4 Å². The molecule has 0 spiro atoms. The number of benzene rings is 2. The maximum Gasteiger partial charge on any atom is 0.134 e. The molecule has 0 saturated carbocycles. The van der Waals surface area contributed by atoms with Crippen molar-refractivity contribution < 1.29 is 4.79 Å². The number of ketones is 1. The highest BCUT2D eigenvalue weighted by Gasteiger charge is 2.21. The minimum atomic E-state index is 0.0448. The van der Waals surface area contributed by atoms with E-state index in [-0.39, 0.29) is 11.2 Å². The molecule has 0 saturated heterocycles. The number of anilines is 2. The summed E-state index contributed by atoms with van der Waals surface area (Å²) in [4.78, 5) is 11.1. The molecule has 0 unspecified atom stereocenters. The van der Waals surface area contributed by atoms with Gasteiger partial charge in [-0.2, -0.15) is 0 Å². The summed E-state index contributed by atoms with van der Waals surface area (Å²) < 4.78 is 0. The highest BCUT2D eigenvalue weighted by atomic mass is 16.1. The average molecular weight is 336 g/mol. The summed E-state index contributed by atoms with van der Waals surface area (Å²) >= 11 is 0. The molecule has 0 radical (unpaired) electrons. The summed E-state index contributed by atoms with van der Waals surface area (Å²) in [5.41, 5.74) is 4.61. The fraction of sp³-hybridized carbons (Fsp3) is 0.318. The van der Waals surface area contributed by atoms with Gasteiger partial charge in [0.25, 0.3) is 0 Å². The molecule has 0 aromatic heterocycles. The van der Waals surface area contributed by atoms with E-state index in [4.69, 9.17) is 0 Å². The Bertz CT molecular complexity index is 730. The molecule has 0 atom stereocenters. The third kappa shape index (κ3) is 5.49.